The molecule has 0 aromatic heterocycles. The fraction of sp³-hybridized carbons (Fsp3) is 0.300. The number of carboxylic acid groups (broad SMARTS) is 1. The highest BCUT2D eigenvalue weighted by Crippen LogP contribution is 2.25. The van der Waals surface area contributed by atoms with Gasteiger partial charge in [-0.05, 0) is 46.5 Å². The Bertz CT molecular complexity index is 363. The van der Waals surface area contributed by atoms with Crippen molar-refractivity contribution in [2.75, 3.05) is 5.88 Å². The zero-order chi connectivity index (χ0) is 10.7. The number of halogens is 2. The van der Waals surface area contributed by atoms with Gasteiger partial charge in [-0.3, -0.25) is 0 Å². The molecule has 0 saturated heterocycles. The Morgan fingerprint density at radius 1 is 1.57 bits per heavy atom. The van der Waals surface area contributed by atoms with Crippen LogP contribution in [0.2, 0.25) is 0 Å². The number of hydrogen-bond acceptors (Lipinski definition) is 1. The quantitative estimate of drug-likeness (QED) is 0.861. The molecule has 0 fully saturated rings. The Morgan fingerprint density at radius 3 is 2.71 bits per heavy atom. The second-order valence-electron chi connectivity index (χ2n) is 2.97. The van der Waals surface area contributed by atoms with Gasteiger partial charge in [-0.25, -0.2) is 4.79 Å². The summed E-state index contributed by atoms with van der Waals surface area (Å²) in [7, 11) is 0. The second-order valence-corrected chi connectivity index (χ2v) is 4.14. The molecule has 0 aliphatic heterocycles. The van der Waals surface area contributed by atoms with Crippen LogP contribution in [0.25, 0.3) is 0 Å². The van der Waals surface area contributed by atoms with Crippen LogP contribution in [0.4, 0.5) is 0 Å². The van der Waals surface area contributed by atoms with Crippen LogP contribution in [0, 0.1) is 6.92 Å². The van der Waals surface area contributed by atoms with Crippen molar-refractivity contribution in [2.45, 2.75) is 13.3 Å². The number of aromatic carboxylic acids is 1. The average molecular weight is 278 g/mol. The van der Waals surface area contributed by atoms with Crippen molar-refractivity contribution in [3.05, 3.63) is 33.3 Å². The lowest BCUT2D eigenvalue weighted by Gasteiger charge is -2.09. The number of rotatable bonds is 3. The second kappa shape index (κ2) is 4.80. The Morgan fingerprint density at radius 2 is 2.21 bits per heavy atom. The summed E-state index contributed by atoms with van der Waals surface area (Å²) in [5.74, 6) is -0.435. The Hall–Kier alpha value is -0.540. The fourth-order valence-corrected chi connectivity index (χ4v) is 2.29. The van der Waals surface area contributed by atoms with E-state index in [9.17, 15) is 4.79 Å². The van der Waals surface area contributed by atoms with Crippen molar-refractivity contribution in [3.8, 4) is 0 Å². The third kappa shape index (κ3) is 2.28. The first kappa shape index (κ1) is 11.5. The first-order chi connectivity index (χ1) is 6.57. The molecule has 1 rings (SSSR count). The van der Waals surface area contributed by atoms with Crippen LogP contribution in [0.1, 0.15) is 21.5 Å². The molecule has 4 heteroatoms. The fourth-order valence-electron chi connectivity index (χ4n) is 1.28. The van der Waals surface area contributed by atoms with Gasteiger partial charge < -0.3 is 5.11 Å². The standard InChI is InChI=1S/C10H10BrClO2/c1-6-2-3-8(10(13)14)9(11)7(6)4-5-12/h2-3H,4-5H2,1H3,(H,13,14). The number of alkyl halides is 1. The van der Waals surface area contributed by atoms with E-state index in [1.807, 2.05) is 6.92 Å². The van der Waals surface area contributed by atoms with Crippen molar-refractivity contribution in [1.29, 1.82) is 0 Å². The van der Waals surface area contributed by atoms with E-state index in [2.05, 4.69) is 15.9 Å². The van der Waals surface area contributed by atoms with Gasteiger partial charge in [0.2, 0.25) is 0 Å². The minimum absolute atomic E-state index is 0.288. The number of benzene rings is 1. The third-order valence-corrected chi connectivity index (χ3v) is 3.15. The Kier molecular flexibility index (Phi) is 3.96. The molecule has 0 saturated carbocycles. The molecule has 0 aliphatic rings. The number of carbonyl (C=O) groups is 1. The Labute approximate surface area is 96.0 Å². The molecule has 0 spiro atoms. The van der Waals surface area contributed by atoms with Crippen LogP contribution in [0.5, 0.6) is 0 Å². The van der Waals surface area contributed by atoms with Gasteiger partial charge in [-0.1, -0.05) is 6.07 Å². The van der Waals surface area contributed by atoms with Gasteiger partial charge in [0.05, 0.1) is 5.56 Å². The summed E-state index contributed by atoms with van der Waals surface area (Å²) in [5.41, 5.74) is 2.32. The number of hydrogen-bond donors (Lipinski definition) is 1. The maximum atomic E-state index is 10.8. The summed E-state index contributed by atoms with van der Waals surface area (Å²) in [6.45, 7) is 1.94. The molecule has 0 aliphatic carbocycles. The topological polar surface area (TPSA) is 37.3 Å². The van der Waals surface area contributed by atoms with Gasteiger partial charge in [0, 0.05) is 10.4 Å². The monoisotopic (exact) mass is 276 g/mol. The predicted octanol–water partition coefficient (Wildman–Crippen LogP) is 3.24. The van der Waals surface area contributed by atoms with Gasteiger partial charge in [0.25, 0.3) is 0 Å². The third-order valence-electron chi connectivity index (χ3n) is 2.05. The normalized spacial score (nSPS) is 10.2. The largest absolute Gasteiger partial charge is 0.478 e. The highest BCUT2D eigenvalue weighted by Gasteiger charge is 2.13. The van der Waals surface area contributed by atoms with Gasteiger partial charge >= 0.3 is 5.97 Å². The lowest BCUT2D eigenvalue weighted by atomic mass is 10.0. The maximum absolute atomic E-state index is 10.8. The minimum atomic E-state index is -0.923. The molecule has 1 N–H and O–H groups in total. The highest BCUT2D eigenvalue weighted by atomic mass is 79.9. The SMILES string of the molecule is Cc1ccc(C(=O)O)c(Br)c1CCCl. The van der Waals surface area contributed by atoms with E-state index in [0.717, 1.165) is 11.1 Å². The summed E-state index contributed by atoms with van der Waals surface area (Å²) in [5, 5.41) is 8.89. The lowest BCUT2D eigenvalue weighted by Crippen LogP contribution is -2.02. The van der Waals surface area contributed by atoms with Crippen LogP contribution >= 0.6 is 27.5 Å². The summed E-state index contributed by atoms with van der Waals surface area (Å²) < 4.78 is 0.644. The Balaban J connectivity index is 3.26. The molecule has 2 nitrogen and oxygen atoms in total. The highest BCUT2D eigenvalue weighted by molar-refractivity contribution is 9.10. The van der Waals surface area contributed by atoms with E-state index in [1.54, 1.807) is 12.1 Å². The van der Waals surface area contributed by atoms with Crippen molar-refractivity contribution < 1.29 is 9.90 Å². The van der Waals surface area contributed by atoms with E-state index in [4.69, 9.17) is 16.7 Å². The van der Waals surface area contributed by atoms with Crippen LogP contribution < -0.4 is 0 Å². The van der Waals surface area contributed by atoms with E-state index in [0.29, 0.717) is 16.8 Å². The maximum Gasteiger partial charge on any atom is 0.336 e. The van der Waals surface area contributed by atoms with Crippen molar-refractivity contribution in [1.82, 2.24) is 0 Å². The van der Waals surface area contributed by atoms with E-state index < -0.39 is 5.97 Å². The van der Waals surface area contributed by atoms with Crippen LogP contribution in [0.15, 0.2) is 16.6 Å². The summed E-state index contributed by atoms with van der Waals surface area (Å²) in [4.78, 5) is 10.8. The smallest absolute Gasteiger partial charge is 0.336 e. The lowest BCUT2D eigenvalue weighted by molar-refractivity contribution is 0.0696. The van der Waals surface area contributed by atoms with Crippen molar-refractivity contribution >= 4 is 33.5 Å². The van der Waals surface area contributed by atoms with Crippen molar-refractivity contribution in [2.24, 2.45) is 0 Å². The zero-order valence-electron chi connectivity index (χ0n) is 7.68. The molecule has 14 heavy (non-hydrogen) atoms. The molecular formula is C10H10BrClO2. The number of aryl methyl sites for hydroxylation is 1. The van der Waals surface area contributed by atoms with Crippen LogP contribution in [-0.4, -0.2) is 17.0 Å². The molecule has 0 unspecified atom stereocenters. The molecule has 0 atom stereocenters. The molecule has 1 aromatic carbocycles. The average Bonchev–Trinajstić information content (AvgIpc) is 2.11. The summed E-state index contributed by atoms with van der Waals surface area (Å²) >= 11 is 8.94. The van der Waals surface area contributed by atoms with Gasteiger partial charge in [0.1, 0.15) is 0 Å². The summed E-state index contributed by atoms with van der Waals surface area (Å²) in [6, 6.07) is 3.40. The first-order valence-electron chi connectivity index (χ1n) is 4.15. The van der Waals surface area contributed by atoms with Crippen LogP contribution in [0.3, 0.4) is 0 Å². The van der Waals surface area contributed by atoms with Gasteiger partial charge in [-0.2, -0.15) is 0 Å². The van der Waals surface area contributed by atoms with Crippen LogP contribution in [-0.2, 0) is 6.42 Å². The molecular weight excluding hydrogens is 267 g/mol. The van der Waals surface area contributed by atoms with Gasteiger partial charge in [0.15, 0.2) is 0 Å². The molecule has 76 valence electrons. The first-order valence-corrected chi connectivity index (χ1v) is 5.48. The van der Waals surface area contributed by atoms with E-state index in [-0.39, 0.29) is 5.56 Å². The van der Waals surface area contributed by atoms with E-state index in [1.165, 1.54) is 0 Å². The molecule has 0 amide bonds. The predicted molar refractivity (Wildman–Crippen MR) is 60.3 cm³/mol. The minimum Gasteiger partial charge on any atom is -0.478 e. The van der Waals surface area contributed by atoms with Crippen molar-refractivity contribution in [3.63, 3.8) is 0 Å². The molecule has 0 radical (unpaired) electrons. The molecule has 0 bridgehead atoms. The summed E-state index contributed by atoms with van der Waals surface area (Å²) in [6.07, 6.45) is 0.676. The zero-order valence-corrected chi connectivity index (χ0v) is 10.0. The number of carboxylic acids is 1. The van der Waals surface area contributed by atoms with Gasteiger partial charge in [-0.15, -0.1) is 11.6 Å². The molecule has 1 aromatic rings. The van der Waals surface area contributed by atoms with E-state index >= 15 is 0 Å². The molecule has 0 heterocycles.